The average Bonchev–Trinajstić information content (AvgIpc) is 2.50. The highest BCUT2D eigenvalue weighted by Gasteiger charge is 2.11. The minimum atomic E-state index is -0.332. The number of benzene rings is 1. The summed E-state index contributed by atoms with van der Waals surface area (Å²) in [6, 6.07) is 4.87. The molecule has 0 saturated carbocycles. The summed E-state index contributed by atoms with van der Waals surface area (Å²) in [4.78, 5) is 11.8. The molecule has 2 rings (SSSR count). The quantitative estimate of drug-likeness (QED) is 0.824. The lowest BCUT2D eigenvalue weighted by Crippen LogP contribution is -2.17. The summed E-state index contributed by atoms with van der Waals surface area (Å²) in [7, 11) is 0. The van der Waals surface area contributed by atoms with Crippen LogP contribution in [0.4, 0.5) is 5.69 Å². The second kappa shape index (κ2) is 3.88. The molecule has 0 amide bonds. The first kappa shape index (κ1) is 11.1. The number of aryl methyl sites for hydroxylation is 1. The van der Waals surface area contributed by atoms with E-state index in [0.29, 0.717) is 21.4 Å². The van der Waals surface area contributed by atoms with Crippen LogP contribution >= 0.6 is 23.2 Å². The zero-order valence-electron chi connectivity index (χ0n) is 8.42. The van der Waals surface area contributed by atoms with Crippen molar-refractivity contribution in [2.24, 2.45) is 0 Å². The Kier molecular flexibility index (Phi) is 2.69. The molecule has 1 aromatic carbocycles. The van der Waals surface area contributed by atoms with Gasteiger partial charge in [-0.25, -0.2) is 4.68 Å². The first-order valence-corrected chi connectivity index (χ1v) is 5.29. The molecule has 0 spiro atoms. The number of nitrogens with one attached hydrogen (secondary N) is 1. The second-order valence-electron chi connectivity index (χ2n) is 3.39. The molecule has 6 heteroatoms. The smallest absolute Gasteiger partial charge is 0.294 e. The molecule has 3 N–H and O–H groups in total. The molecule has 0 aliphatic rings. The second-order valence-corrected chi connectivity index (χ2v) is 4.23. The molecular weight excluding hydrogens is 249 g/mol. The van der Waals surface area contributed by atoms with Crippen molar-refractivity contribution in [3.63, 3.8) is 0 Å². The Balaban J connectivity index is 2.72. The number of nitrogens with two attached hydrogens (primary N) is 1. The van der Waals surface area contributed by atoms with Crippen LogP contribution in [0.5, 0.6) is 0 Å². The van der Waals surface area contributed by atoms with Crippen LogP contribution < -0.4 is 11.3 Å². The van der Waals surface area contributed by atoms with Gasteiger partial charge in [0.1, 0.15) is 5.69 Å². The number of anilines is 1. The van der Waals surface area contributed by atoms with Crippen molar-refractivity contribution >= 4 is 28.9 Å². The van der Waals surface area contributed by atoms with Gasteiger partial charge in [0, 0.05) is 5.02 Å². The molecule has 0 aliphatic heterocycles. The first-order valence-electron chi connectivity index (χ1n) is 4.53. The predicted molar refractivity (Wildman–Crippen MR) is 65.6 cm³/mol. The van der Waals surface area contributed by atoms with Crippen LogP contribution in [0.3, 0.4) is 0 Å². The van der Waals surface area contributed by atoms with Crippen molar-refractivity contribution in [1.29, 1.82) is 0 Å². The van der Waals surface area contributed by atoms with Crippen LogP contribution in [-0.4, -0.2) is 9.78 Å². The van der Waals surface area contributed by atoms with Gasteiger partial charge in [0.25, 0.3) is 5.56 Å². The summed E-state index contributed by atoms with van der Waals surface area (Å²) in [5, 5.41) is 3.75. The standard InChI is InChI=1S/C10H9Cl2N3O/c1-5-9(13)10(16)15(14-5)8-4-6(11)2-3-7(8)12/h2-4,14H,13H2,1H3. The number of aromatic amines is 1. The molecule has 0 radical (unpaired) electrons. The summed E-state index contributed by atoms with van der Waals surface area (Å²) < 4.78 is 1.28. The van der Waals surface area contributed by atoms with Gasteiger partial charge in [0.2, 0.25) is 0 Å². The minimum absolute atomic E-state index is 0.177. The highest BCUT2D eigenvalue weighted by atomic mass is 35.5. The molecule has 16 heavy (non-hydrogen) atoms. The molecule has 84 valence electrons. The molecule has 1 heterocycles. The molecule has 0 bridgehead atoms. The van der Waals surface area contributed by atoms with Crippen LogP contribution in [-0.2, 0) is 0 Å². The van der Waals surface area contributed by atoms with E-state index in [-0.39, 0.29) is 11.2 Å². The average molecular weight is 258 g/mol. The van der Waals surface area contributed by atoms with Gasteiger partial charge in [-0.2, -0.15) is 0 Å². The van der Waals surface area contributed by atoms with Gasteiger partial charge in [-0.15, -0.1) is 0 Å². The molecule has 0 saturated heterocycles. The summed E-state index contributed by atoms with van der Waals surface area (Å²) in [6.07, 6.45) is 0. The Morgan fingerprint density at radius 1 is 1.38 bits per heavy atom. The van der Waals surface area contributed by atoms with E-state index in [1.165, 1.54) is 4.68 Å². The van der Waals surface area contributed by atoms with Crippen molar-refractivity contribution in [1.82, 2.24) is 9.78 Å². The van der Waals surface area contributed by atoms with Gasteiger partial charge in [-0.05, 0) is 25.1 Å². The molecule has 2 aromatic rings. The number of H-pyrrole nitrogens is 1. The van der Waals surface area contributed by atoms with E-state index in [2.05, 4.69) is 5.10 Å². The monoisotopic (exact) mass is 257 g/mol. The van der Waals surface area contributed by atoms with Crippen molar-refractivity contribution in [3.05, 3.63) is 44.3 Å². The van der Waals surface area contributed by atoms with Gasteiger partial charge < -0.3 is 5.73 Å². The normalized spacial score (nSPS) is 10.7. The minimum Gasteiger partial charge on any atom is -0.393 e. The molecule has 0 unspecified atom stereocenters. The van der Waals surface area contributed by atoms with Crippen LogP contribution in [0.15, 0.2) is 23.0 Å². The van der Waals surface area contributed by atoms with E-state index >= 15 is 0 Å². The maximum Gasteiger partial charge on any atom is 0.294 e. The third kappa shape index (κ3) is 1.70. The molecule has 4 nitrogen and oxygen atoms in total. The Morgan fingerprint density at radius 3 is 2.62 bits per heavy atom. The Bertz CT molecular complexity index is 601. The lowest BCUT2D eigenvalue weighted by molar-refractivity contribution is 0.836. The molecule has 1 aromatic heterocycles. The van der Waals surface area contributed by atoms with E-state index in [1.54, 1.807) is 25.1 Å². The summed E-state index contributed by atoms with van der Waals surface area (Å²) in [6.45, 7) is 1.71. The zero-order valence-corrected chi connectivity index (χ0v) is 9.93. The summed E-state index contributed by atoms with van der Waals surface area (Å²) in [5.74, 6) is 0. The maximum atomic E-state index is 11.8. The Morgan fingerprint density at radius 2 is 2.06 bits per heavy atom. The Hall–Kier alpha value is -1.39. The van der Waals surface area contributed by atoms with E-state index in [9.17, 15) is 4.79 Å². The lowest BCUT2D eigenvalue weighted by Gasteiger charge is -2.04. The molecule has 0 atom stereocenters. The van der Waals surface area contributed by atoms with Gasteiger partial charge >= 0.3 is 0 Å². The van der Waals surface area contributed by atoms with Crippen molar-refractivity contribution in [2.45, 2.75) is 6.92 Å². The van der Waals surface area contributed by atoms with Gasteiger partial charge in [-0.3, -0.25) is 9.89 Å². The fraction of sp³-hybridized carbons (Fsp3) is 0.100. The molecule has 0 aliphatic carbocycles. The highest BCUT2D eigenvalue weighted by Crippen LogP contribution is 2.23. The number of nitrogen functional groups attached to an aromatic ring is 1. The van der Waals surface area contributed by atoms with E-state index < -0.39 is 0 Å². The number of hydrogen-bond acceptors (Lipinski definition) is 2. The number of hydrogen-bond donors (Lipinski definition) is 2. The summed E-state index contributed by atoms with van der Waals surface area (Å²) in [5.41, 5.74) is 6.52. The predicted octanol–water partition coefficient (Wildman–Crippen LogP) is 2.36. The lowest BCUT2D eigenvalue weighted by atomic mass is 10.3. The fourth-order valence-corrected chi connectivity index (χ4v) is 1.75. The number of halogens is 2. The maximum absolute atomic E-state index is 11.8. The van der Waals surface area contributed by atoms with Crippen molar-refractivity contribution in [2.75, 3.05) is 5.73 Å². The Labute approximate surface area is 102 Å². The van der Waals surface area contributed by atoms with E-state index in [0.717, 1.165) is 0 Å². The van der Waals surface area contributed by atoms with Gasteiger partial charge in [-0.1, -0.05) is 23.2 Å². The van der Waals surface area contributed by atoms with Crippen molar-refractivity contribution < 1.29 is 0 Å². The van der Waals surface area contributed by atoms with Gasteiger partial charge in [0.15, 0.2) is 0 Å². The fourth-order valence-electron chi connectivity index (χ4n) is 1.39. The third-order valence-corrected chi connectivity index (χ3v) is 2.82. The van der Waals surface area contributed by atoms with Crippen LogP contribution in [0.25, 0.3) is 5.69 Å². The first-order chi connectivity index (χ1) is 7.50. The van der Waals surface area contributed by atoms with Crippen LogP contribution in [0, 0.1) is 6.92 Å². The zero-order chi connectivity index (χ0) is 11.9. The number of aromatic nitrogens is 2. The number of rotatable bonds is 1. The largest absolute Gasteiger partial charge is 0.393 e. The number of nitrogens with zero attached hydrogens (tertiary/aromatic N) is 1. The third-order valence-electron chi connectivity index (χ3n) is 2.27. The topological polar surface area (TPSA) is 63.8 Å². The van der Waals surface area contributed by atoms with Gasteiger partial charge in [0.05, 0.1) is 16.4 Å². The SMILES string of the molecule is Cc1[nH]n(-c2cc(Cl)ccc2Cl)c(=O)c1N. The van der Waals surface area contributed by atoms with E-state index in [4.69, 9.17) is 28.9 Å². The van der Waals surface area contributed by atoms with Crippen molar-refractivity contribution in [3.8, 4) is 5.69 Å². The highest BCUT2D eigenvalue weighted by molar-refractivity contribution is 6.34. The van der Waals surface area contributed by atoms with Crippen LogP contribution in [0.2, 0.25) is 10.0 Å². The summed E-state index contributed by atoms with van der Waals surface area (Å²) >= 11 is 11.8. The van der Waals surface area contributed by atoms with E-state index in [1.807, 2.05) is 0 Å². The molecule has 0 fully saturated rings. The van der Waals surface area contributed by atoms with Crippen LogP contribution in [0.1, 0.15) is 5.69 Å². The molecular formula is C10H9Cl2N3O.